The van der Waals surface area contributed by atoms with Crippen molar-refractivity contribution >= 4 is 10.7 Å². The summed E-state index contributed by atoms with van der Waals surface area (Å²) in [6, 6.07) is 8.29. The topological polar surface area (TPSA) is 64.0 Å². The molecule has 0 radical (unpaired) electrons. The minimum absolute atomic E-state index is 0.368. The lowest BCUT2D eigenvalue weighted by molar-refractivity contribution is -0.141. The maximum atomic E-state index is 12.2. The van der Waals surface area contributed by atoms with Gasteiger partial charge in [-0.25, -0.2) is 13.4 Å². The summed E-state index contributed by atoms with van der Waals surface area (Å²) in [5.41, 5.74) is 1.41. The van der Waals surface area contributed by atoms with E-state index in [0.29, 0.717) is 29.5 Å². The van der Waals surface area contributed by atoms with Crippen molar-refractivity contribution in [3.63, 3.8) is 0 Å². The molecule has 23 heavy (non-hydrogen) atoms. The fraction of sp³-hybridized carbons (Fsp3) is 0.357. The third kappa shape index (κ3) is 4.80. The highest BCUT2D eigenvalue weighted by Crippen LogP contribution is 2.23. The molecular weight excluding hydrogens is 331 g/mol. The van der Waals surface area contributed by atoms with Crippen LogP contribution in [0.25, 0.3) is 0 Å². The highest BCUT2D eigenvalue weighted by Gasteiger charge is 2.31. The van der Waals surface area contributed by atoms with Crippen LogP contribution in [0.15, 0.2) is 35.2 Å². The van der Waals surface area contributed by atoms with E-state index in [0.717, 1.165) is 5.69 Å². The molecule has 1 aliphatic rings. The van der Waals surface area contributed by atoms with E-state index in [1.54, 1.807) is 37.3 Å². The molecule has 2 heterocycles. The van der Waals surface area contributed by atoms with Crippen molar-refractivity contribution < 1.29 is 21.6 Å². The van der Waals surface area contributed by atoms with Crippen LogP contribution in [0.1, 0.15) is 17.2 Å². The van der Waals surface area contributed by atoms with Crippen LogP contribution in [-0.4, -0.2) is 24.1 Å². The van der Waals surface area contributed by atoms with Crippen molar-refractivity contribution in [2.45, 2.75) is 37.6 Å². The molecule has 0 fully saturated rings. The first-order valence-electron chi connectivity index (χ1n) is 6.79. The first-order valence-corrected chi connectivity index (χ1v) is 7.97. The number of aryl methyl sites for hydroxylation is 1. The van der Waals surface area contributed by atoms with Gasteiger partial charge in [-0.2, -0.15) is 13.2 Å². The highest BCUT2D eigenvalue weighted by molar-refractivity contribution is 7.72. The number of halogens is 3. The van der Waals surface area contributed by atoms with Gasteiger partial charge in [-0.3, -0.25) is 0 Å². The zero-order valence-corrected chi connectivity index (χ0v) is 13.2. The summed E-state index contributed by atoms with van der Waals surface area (Å²) in [7, 11) is -2.40. The SMILES string of the molecule is Cc1nc2c(n1CC(F)(F)F)CNC2.O=[SH](=O)c1ccccc1. The maximum absolute atomic E-state index is 12.2. The minimum Gasteiger partial charge on any atom is -0.322 e. The third-order valence-corrected chi connectivity index (χ3v) is 3.96. The van der Waals surface area contributed by atoms with Gasteiger partial charge in [-0.15, -0.1) is 0 Å². The predicted octanol–water partition coefficient (Wildman–Crippen LogP) is 2.01. The van der Waals surface area contributed by atoms with Gasteiger partial charge in [0.05, 0.1) is 16.3 Å². The average molecular weight is 347 g/mol. The van der Waals surface area contributed by atoms with E-state index in [4.69, 9.17) is 0 Å². The molecule has 1 N–H and O–H groups in total. The molecule has 0 unspecified atom stereocenters. The standard InChI is InChI=1S/C8H10F3N3.C6H6O2S/c1-5-13-6-2-12-3-7(6)14(5)4-8(9,10)11;7-9(8)6-4-2-1-3-5-6/h12H,2-4H2,1H3;1-5,9H. The van der Waals surface area contributed by atoms with Crippen molar-refractivity contribution in [1.29, 1.82) is 0 Å². The van der Waals surface area contributed by atoms with Crippen LogP contribution in [0.5, 0.6) is 0 Å². The van der Waals surface area contributed by atoms with Crippen molar-refractivity contribution in [3.8, 4) is 0 Å². The number of thiol groups is 1. The van der Waals surface area contributed by atoms with Crippen LogP contribution in [-0.2, 0) is 30.3 Å². The van der Waals surface area contributed by atoms with Crippen LogP contribution in [0.2, 0.25) is 0 Å². The zero-order chi connectivity index (χ0) is 17.0. The molecule has 0 atom stereocenters. The van der Waals surface area contributed by atoms with Gasteiger partial charge in [0.2, 0.25) is 0 Å². The summed E-state index contributed by atoms with van der Waals surface area (Å²) in [5, 5.41) is 2.97. The van der Waals surface area contributed by atoms with Crippen molar-refractivity contribution in [3.05, 3.63) is 47.5 Å². The summed E-state index contributed by atoms with van der Waals surface area (Å²) in [6.07, 6.45) is -4.18. The molecule has 0 spiro atoms. The van der Waals surface area contributed by atoms with Crippen molar-refractivity contribution in [2.24, 2.45) is 0 Å². The molecule has 1 aromatic carbocycles. The Kier molecular flexibility index (Phi) is 5.42. The summed E-state index contributed by atoms with van der Waals surface area (Å²) in [5.74, 6) is 0.439. The largest absolute Gasteiger partial charge is 0.406 e. The summed E-state index contributed by atoms with van der Waals surface area (Å²) >= 11 is 0. The number of nitrogens with one attached hydrogen (secondary N) is 1. The smallest absolute Gasteiger partial charge is 0.322 e. The molecule has 0 saturated carbocycles. The number of fused-ring (bicyclic) bond motifs is 1. The van der Waals surface area contributed by atoms with Gasteiger partial charge in [0, 0.05) is 13.1 Å². The Morgan fingerprint density at radius 3 is 2.39 bits per heavy atom. The maximum Gasteiger partial charge on any atom is 0.406 e. The first-order chi connectivity index (χ1) is 10.8. The van der Waals surface area contributed by atoms with E-state index in [9.17, 15) is 21.6 Å². The molecule has 2 aromatic rings. The van der Waals surface area contributed by atoms with E-state index in [-0.39, 0.29) is 0 Å². The average Bonchev–Trinajstić information content (AvgIpc) is 3.03. The number of nitrogens with zero attached hydrogens (tertiary/aromatic N) is 2. The third-order valence-electron chi connectivity index (χ3n) is 3.24. The molecule has 5 nitrogen and oxygen atoms in total. The van der Waals surface area contributed by atoms with Crippen molar-refractivity contribution in [1.82, 2.24) is 14.9 Å². The van der Waals surface area contributed by atoms with Crippen LogP contribution < -0.4 is 5.32 Å². The Morgan fingerprint density at radius 2 is 1.87 bits per heavy atom. The van der Waals surface area contributed by atoms with E-state index < -0.39 is 23.4 Å². The quantitative estimate of drug-likeness (QED) is 0.816. The van der Waals surface area contributed by atoms with E-state index >= 15 is 0 Å². The minimum atomic E-state index is -4.18. The van der Waals surface area contributed by atoms with Crippen molar-refractivity contribution in [2.75, 3.05) is 0 Å². The number of imidazole rings is 1. The van der Waals surface area contributed by atoms with E-state index in [1.165, 1.54) is 4.57 Å². The summed E-state index contributed by atoms with van der Waals surface area (Å²) in [4.78, 5) is 4.44. The Bertz CT molecular complexity index is 732. The fourth-order valence-corrected chi connectivity index (χ4v) is 2.66. The number of benzene rings is 1. The molecule has 0 amide bonds. The number of aromatic nitrogens is 2. The molecule has 0 bridgehead atoms. The zero-order valence-electron chi connectivity index (χ0n) is 12.3. The van der Waals surface area contributed by atoms with Crippen LogP contribution in [0, 0.1) is 6.92 Å². The molecule has 3 rings (SSSR count). The number of hydrogen-bond donors (Lipinski definition) is 2. The van der Waals surface area contributed by atoms with E-state index in [2.05, 4.69) is 10.3 Å². The molecular formula is C14H16F3N3O2S. The summed E-state index contributed by atoms with van der Waals surface area (Å²) in [6.45, 7) is 1.71. The lowest BCUT2D eigenvalue weighted by Gasteiger charge is -2.11. The second kappa shape index (κ2) is 7.14. The predicted molar refractivity (Wildman–Crippen MR) is 78.6 cm³/mol. The Hall–Kier alpha value is -1.87. The molecule has 1 aromatic heterocycles. The second-order valence-electron chi connectivity index (χ2n) is 4.95. The molecule has 0 aliphatic carbocycles. The fourth-order valence-electron chi connectivity index (χ4n) is 2.25. The van der Waals surface area contributed by atoms with Gasteiger partial charge in [-0.05, 0) is 19.1 Å². The van der Waals surface area contributed by atoms with Gasteiger partial charge < -0.3 is 9.88 Å². The van der Waals surface area contributed by atoms with E-state index in [1.807, 2.05) is 0 Å². The first kappa shape index (κ1) is 17.5. The normalized spacial score (nSPS) is 13.6. The monoisotopic (exact) mass is 347 g/mol. The Morgan fingerprint density at radius 1 is 1.22 bits per heavy atom. The Balaban J connectivity index is 0.000000185. The van der Waals surface area contributed by atoms with Crippen LogP contribution >= 0.6 is 0 Å². The number of rotatable bonds is 2. The lowest BCUT2D eigenvalue weighted by atomic mass is 10.4. The highest BCUT2D eigenvalue weighted by atomic mass is 32.2. The van der Waals surface area contributed by atoms with Gasteiger partial charge >= 0.3 is 6.18 Å². The molecule has 9 heteroatoms. The van der Waals surface area contributed by atoms with Gasteiger partial charge in [0.1, 0.15) is 12.4 Å². The molecule has 1 aliphatic heterocycles. The van der Waals surface area contributed by atoms with Crippen LogP contribution in [0.3, 0.4) is 0 Å². The van der Waals surface area contributed by atoms with Gasteiger partial charge in [0.25, 0.3) is 0 Å². The number of alkyl halides is 3. The van der Waals surface area contributed by atoms with Gasteiger partial charge in [0.15, 0.2) is 10.7 Å². The second-order valence-corrected chi connectivity index (χ2v) is 5.98. The Labute approximate surface area is 133 Å². The number of hydrogen-bond acceptors (Lipinski definition) is 4. The lowest BCUT2D eigenvalue weighted by Crippen LogP contribution is -2.21. The summed E-state index contributed by atoms with van der Waals surface area (Å²) < 4.78 is 58.3. The molecule has 0 saturated heterocycles. The van der Waals surface area contributed by atoms with Crippen LogP contribution in [0.4, 0.5) is 13.2 Å². The molecule has 126 valence electrons. The van der Waals surface area contributed by atoms with Gasteiger partial charge in [-0.1, -0.05) is 18.2 Å².